The Morgan fingerprint density at radius 2 is 0.804 bits per heavy atom. The third-order valence-corrected chi connectivity index (χ3v) is 10.8. The normalized spacial score (nSPS) is 11.2. The predicted molar refractivity (Wildman–Crippen MR) is 231 cm³/mol. The molecule has 0 saturated heterocycles. The number of ketones is 1. The molecular weight excluding hydrogens is 916 g/mol. The topological polar surface area (TPSA) is 23.6 Å². The van der Waals surface area contributed by atoms with E-state index in [0.717, 1.165) is 75.5 Å². The minimum Gasteiger partial charge on any atom is -0.305 e. The molecule has 0 amide bonds. The molecule has 0 unspecified atom stereocenters. The fourth-order valence-electron chi connectivity index (χ4n) is 6.21. The first kappa shape index (κ1) is 39.3. The van der Waals surface area contributed by atoms with Gasteiger partial charge in [0.2, 0.25) is 0 Å². The molecule has 0 aromatic heterocycles. The minimum absolute atomic E-state index is 0. The summed E-state index contributed by atoms with van der Waals surface area (Å²) in [5.41, 5.74) is 12.1. The average Bonchev–Trinajstić information content (AvgIpc) is 3.08. The summed E-state index contributed by atoms with van der Waals surface area (Å²) >= 11 is 14.8. The molecule has 0 saturated carbocycles. The highest BCUT2D eigenvalue weighted by molar-refractivity contribution is 9.11. The molecule has 3 nitrogen and oxygen atoms in total. The Morgan fingerprint density at radius 1 is 0.451 bits per heavy atom. The highest BCUT2D eigenvalue weighted by Crippen LogP contribution is 2.41. The van der Waals surface area contributed by atoms with Crippen LogP contribution in [0.2, 0.25) is 0 Å². The van der Waals surface area contributed by atoms with Gasteiger partial charge in [0.1, 0.15) is 0 Å². The van der Waals surface area contributed by atoms with Crippen molar-refractivity contribution >= 4 is 81.9 Å². The first-order valence-electron chi connectivity index (χ1n) is 16.2. The van der Waals surface area contributed by atoms with Crippen molar-refractivity contribution in [3.8, 4) is 44.5 Å². The first-order chi connectivity index (χ1) is 24.0. The number of carbonyl (C=O) groups is 1. The second kappa shape index (κ2) is 17.3. The number of rotatable bonds is 10. The Hall–Kier alpha value is -2.88. The van der Waals surface area contributed by atoms with Crippen LogP contribution in [0, 0.1) is 0 Å². The number of nitrogens with zero attached hydrogens (tertiary/aromatic N) is 2. The molecule has 0 spiro atoms. The second-order valence-corrected chi connectivity index (χ2v) is 16.5. The fourth-order valence-corrected chi connectivity index (χ4v) is 8.73. The largest absolute Gasteiger partial charge is 0.305 e. The van der Waals surface area contributed by atoms with Crippen molar-refractivity contribution in [1.29, 1.82) is 0 Å². The number of carbonyl (C=O) groups excluding carboxylic acids is 1. The van der Waals surface area contributed by atoms with Gasteiger partial charge < -0.3 is 9.80 Å². The quantitative estimate of drug-likeness (QED) is 0.128. The maximum atomic E-state index is 14.4. The van der Waals surface area contributed by atoms with Gasteiger partial charge in [-0.3, -0.25) is 4.79 Å². The standard InChI is InChI=1S/C43H36Br4N2O.ClH/c1-48(2)25-27-5-9-29(10-6-27)35-17-13-31(21-39(35)37-19-15-33(44)23-41(37)46)43(50)32-14-18-36(30-11-7-28(8-12-30)26-49(3)4)40(22-32)38-20-16-34(45)24-42(38)47;/h5-24H,25-26H2,1-4H3;1H. The molecule has 0 aliphatic heterocycles. The third-order valence-electron chi connectivity index (χ3n) is 8.53. The summed E-state index contributed by atoms with van der Waals surface area (Å²) in [6.07, 6.45) is 0. The zero-order valence-corrected chi connectivity index (χ0v) is 35.8. The van der Waals surface area contributed by atoms with Crippen molar-refractivity contribution in [2.24, 2.45) is 0 Å². The monoisotopic (exact) mass is 948 g/mol. The molecule has 0 radical (unpaired) electrons. The molecule has 8 heteroatoms. The van der Waals surface area contributed by atoms with Crippen molar-refractivity contribution in [3.05, 3.63) is 161 Å². The zero-order chi connectivity index (χ0) is 35.5. The first-order valence-corrected chi connectivity index (χ1v) is 19.4. The van der Waals surface area contributed by atoms with Crippen LogP contribution in [0.15, 0.2) is 139 Å². The zero-order valence-electron chi connectivity index (χ0n) is 28.7. The smallest absolute Gasteiger partial charge is 0.193 e. The van der Waals surface area contributed by atoms with Crippen LogP contribution in [-0.4, -0.2) is 43.8 Å². The van der Waals surface area contributed by atoms with Crippen LogP contribution in [-0.2, 0) is 13.1 Å². The summed E-state index contributed by atoms with van der Waals surface area (Å²) in [6.45, 7) is 1.75. The van der Waals surface area contributed by atoms with Gasteiger partial charge in [-0.15, -0.1) is 12.4 Å². The maximum Gasteiger partial charge on any atom is 0.193 e. The molecule has 0 bridgehead atoms. The summed E-state index contributed by atoms with van der Waals surface area (Å²) in [5, 5.41) is 0. The Bertz CT molecular complexity index is 2030. The van der Waals surface area contributed by atoms with Crippen LogP contribution in [0.4, 0.5) is 0 Å². The molecule has 6 rings (SSSR count). The van der Waals surface area contributed by atoms with Gasteiger partial charge >= 0.3 is 0 Å². The van der Waals surface area contributed by atoms with Crippen LogP contribution in [0.5, 0.6) is 0 Å². The highest BCUT2D eigenvalue weighted by Gasteiger charge is 2.19. The Kier molecular flexibility index (Phi) is 13.3. The summed E-state index contributed by atoms with van der Waals surface area (Å²) < 4.78 is 3.86. The number of hydrogen-bond donors (Lipinski definition) is 0. The van der Waals surface area contributed by atoms with Crippen molar-refractivity contribution in [1.82, 2.24) is 9.80 Å². The lowest BCUT2D eigenvalue weighted by Crippen LogP contribution is -2.10. The molecular formula is C43H37Br4ClN2O. The van der Waals surface area contributed by atoms with Crippen LogP contribution in [0.1, 0.15) is 27.0 Å². The van der Waals surface area contributed by atoms with E-state index in [1.54, 1.807) is 0 Å². The van der Waals surface area contributed by atoms with Crippen molar-refractivity contribution in [3.63, 3.8) is 0 Å². The van der Waals surface area contributed by atoms with E-state index in [9.17, 15) is 4.79 Å². The van der Waals surface area contributed by atoms with Gasteiger partial charge in [-0.25, -0.2) is 0 Å². The Balaban J connectivity index is 0.00000504. The predicted octanol–water partition coefficient (Wildman–Crippen LogP) is 13.2. The molecule has 260 valence electrons. The van der Waals surface area contributed by atoms with Crippen molar-refractivity contribution in [2.45, 2.75) is 13.1 Å². The fraction of sp³-hybridized carbons (Fsp3) is 0.140. The van der Waals surface area contributed by atoms with Gasteiger partial charge in [-0.2, -0.15) is 0 Å². The van der Waals surface area contributed by atoms with Crippen molar-refractivity contribution < 1.29 is 4.79 Å². The van der Waals surface area contributed by atoms with E-state index < -0.39 is 0 Å². The van der Waals surface area contributed by atoms with E-state index in [1.807, 2.05) is 48.5 Å². The van der Waals surface area contributed by atoms with E-state index in [0.29, 0.717) is 11.1 Å². The van der Waals surface area contributed by atoms with E-state index >= 15 is 0 Å². The van der Waals surface area contributed by atoms with Gasteiger partial charge in [0.15, 0.2) is 5.78 Å². The van der Waals surface area contributed by atoms with Gasteiger partial charge in [0, 0.05) is 42.1 Å². The lowest BCUT2D eigenvalue weighted by molar-refractivity contribution is 0.103. The Labute approximate surface area is 341 Å². The van der Waals surface area contributed by atoms with Gasteiger partial charge in [0.25, 0.3) is 0 Å². The number of halogens is 5. The molecule has 0 heterocycles. The average molecular weight is 953 g/mol. The van der Waals surface area contributed by atoms with Crippen molar-refractivity contribution in [2.75, 3.05) is 28.2 Å². The summed E-state index contributed by atoms with van der Waals surface area (Å²) in [5.74, 6) is -0.0327. The summed E-state index contributed by atoms with van der Waals surface area (Å²) in [4.78, 5) is 18.8. The molecule has 51 heavy (non-hydrogen) atoms. The molecule has 0 N–H and O–H groups in total. The van der Waals surface area contributed by atoms with Crippen LogP contribution < -0.4 is 0 Å². The molecule has 0 aliphatic carbocycles. The van der Waals surface area contributed by atoms with Gasteiger partial charge in [-0.1, -0.05) is 149 Å². The molecule has 6 aromatic rings. The molecule has 6 aromatic carbocycles. The number of hydrogen-bond acceptors (Lipinski definition) is 3. The molecule has 0 fully saturated rings. The SMILES string of the molecule is CN(C)Cc1ccc(-c2ccc(C(=O)c3ccc(-c4ccc(CN(C)C)cc4)c(-c4ccc(Br)cc4Br)c3)cc2-c2ccc(Br)cc2Br)cc1.Cl. The maximum absolute atomic E-state index is 14.4. The second-order valence-electron chi connectivity index (χ2n) is 13.0. The molecule has 0 aliphatic rings. The van der Waals surface area contributed by atoms with Crippen LogP contribution >= 0.6 is 76.1 Å². The van der Waals surface area contributed by atoms with E-state index in [2.05, 4.69) is 175 Å². The summed E-state index contributed by atoms with van der Waals surface area (Å²) in [7, 11) is 8.30. The van der Waals surface area contributed by atoms with Gasteiger partial charge in [-0.05, 0) is 120 Å². The Morgan fingerprint density at radius 3 is 1.14 bits per heavy atom. The lowest BCUT2D eigenvalue weighted by atomic mass is 9.88. The number of benzene rings is 6. The van der Waals surface area contributed by atoms with E-state index in [4.69, 9.17) is 0 Å². The highest BCUT2D eigenvalue weighted by atomic mass is 79.9. The summed E-state index contributed by atoms with van der Waals surface area (Å²) in [6, 6.07) is 41.8. The lowest BCUT2D eigenvalue weighted by Gasteiger charge is -2.17. The minimum atomic E-state index is -0.0327. The third kappa shape index (κ3) is 9.38. The van der Waals surface area contributed by atoms with E-state index in [-0.39, 0.29) is 18.2 Å². The van der Waals surface area contributed by atoms with Crippen LogP contribution in [0.3, 0.4) is 0 Å². The van der Waals surface area contributed by atoms with E-state index in [1.165, 1.54) is 11.1 Å². The van der Waals surface area contributed by atoms with Crippen LogP contribution in [0.25, 0.3) is 44.5 Å². The van der Waals surface area contributed by atoms with Gasteiger partial charge in [0.05, 0.1) is 0 Å². The molecule has 0 atom stereocenters.